The van der Waals surface area contributed by atoms with Crippen molar-refractivity contribution in [3.63, 3.8) is 0 Å². The van der Waals surface area contributed by atoms with Crippen molar-refractivity contribution in [3.8, 4) is 5.75 Å². The van der Waals surface area contributed by atoms with Gasteiger partial charge in [-0.2, -0.15) is 0 Å². The van der Waals surface area contributed by atoms with E-state index in [1.807, 2.05) is 42.5 Å². The second-order valence-corrected chi connectivity index (χ2v) is 8.63. The Morgan fingerprint density at radius 2 is 1.83 bits per heavy atom. The molecule has 1 unspecified atom stereocenters. The van der Waals surface area contributed by atoms with E-state index in [1.54, 1.807) is 26.3 Å². The van der Waals surface area contributed by atoms with Gasteiger partial charge in [0.2, 0.25) is 5.82 Å². The van der Waals surface area contributed by atoms with Gasteiger partial charge in [0.1, 0.15) is 24.2 Å². The Bertz CT molecular complexity index is 1130. The van der Waals surface area contributed by atoms with Gasteiger partial charge in [-0.3, -0.25) is 9.59 Å². The number of amides is 2. The fourth-order valence-corrected chi connectivity index (χ4v) is 4.18. The highest BCUT2D eigenvalue weighted by atomic mass is 16.5. The first kappa shape index (κ1) is 24.4. The van der Waals surface area contributed by atoms with Crippen molar-refractivity contribution in [2.24, 2.45) is 0 Å². The van der Waals surface area contributed by atoms with Gasteiger partial charge in [-0.25, -0.2) is 0 Å². The number of nitrogens with one attached hydrogen (secondary N) is 2. The van der Waals surface area contributed by atoms with Crippen LogP contribution in [-0.2, 0) is 16.0 Å². The number of carbonyl (C=O) groups excluding carboxylic acids is 2. The Morgan fingerprint density at radius 3 is 2.54 bits per heavy atom. The van der Waals surface area contributed by atoms with Gasteiger partial charge in [-0.1, -0.05) is 55.3 Å². The number of aromatic nitrogens is 3. The SMILES string of the molecule is CN1C(=O)C(NC(=O)c2nnc(Cc3ccccc3)[nH]2)COc2ccccc21.COC1CCCC1. The fourth-order valence-electron chi connectivity index (χ4n) is 4.18. The highest BCUT2D eigenvalue weighted by molar-refractivity contribution is 6.02. The number of benzene rings is 2. The maximum atomic E-state index is 12.7. The number of ether oxygens (including phenoxy) is 2. The Labute approximate surface area is 204 Å². The molecule has 2 aliphatic rings. The summed E-state index contributed by atoms with van der Waals surface area (Å²) in [5, 5.41) is 10.6. The lowest BCUT2D eigenvalue weighted by atomic mass is 10.1. The van der Waals surface area contributed by atoms with Crippen LogP contribution >= 0.6 is 0 Å². The zero-order valence-electron chi connectivity index (χ0n) is 20.1. The van der Waals surface area contributed by atoms with Gasteiger partial charge in [-0.15, -0.1) is 10.2 Å². The van der Waals surface area contributed by atoms with Crippen molar-refractivity contribution in [2.45, 2.75) is 44.2 Å². The van der Waals surface area contributed by atoms with Gasteiger partial charge in [0, 0.05) is 20.6 Å². The summed E-state index contributed by atoms with van der Waals surface area (Å²) in [5.74, 6) is 0.461. The second-order valence-electron chi connectivity index (χ2n) is 8.63. The second kappa shape index (κ2) is 11.6. The molecule has 1 aliphatic heterocycles. The number of H-pyrrole nitrogens is 1. The maximum Gasteiger partial charge on any atom is 0.289 e. The summed E-state index contributed by atoms with van der Waals surface area (Å²) in [6.45, 7) is 0.0386. The number of methoxy groups -OCH3 is 1. The summed E-state index contributed by atoms with van der Waals surface area (Å²) in [6.07, 6.45) is 6.45. The number of fused-ring (bicyclic) bond motifs is 1. The molecule has 2 N–H and O–H groups in total. The molecule has 5 rings (SSSR count). The summed E-state index contributed by atoms with van der Waals surface area (Å²) in [6, 6.07) is 16.2. The maximum absolute atomic E-state index is 12.7. The molecule has 1 saturated carbocycles. The third kappa shape index (κ3) is 6.24. The molecule has 184 valence electrons. The summed E-state index contributed by atoms with van der Waals surface area (Å²) in [7, 11) is 3.46. The van der Waals surface area contributed by atoms with E-state index in [2.05, 4.69) is 20.5 Å². The Balaban J connectivity index is 0.000000356. The topological polar surface area (TPSA) is 109 Å². The molecule has 0 bridgehead atoms. The normalized spacial score (nSPS) is 17.6. The van der Waals surface area contributed by atoms with E-state index in [4.69, 9.17) is 9.47 Å². The molecule has 1 aromatic heterocycles. The highest BCUT2D eigenvalue weighted by Crippen LogP contribution is 2.29. The summed E-state index contributed by atoms with van der Waals surface area (Å²) in [5.41, 5.74) is 1.71. The van der Waals surface area contributed by atoms with E-state index in [-0.39, 0.29) is 18.3 Å². The molecule has 2 amide bonds. The minimum Gasteiger partial charge on any atom is -0.489 e. The molecule has 9 nitrogen and oxygen atoms in total. The number of carbonyl (C=O) groups is 2. The zero-order valence-corrected chi connectivity index (χ0v) is 20.1. The molecular weight excluding hydrogens is 446 g/mol. The molecular formula is C26H31N5O4. The van der Waals surface area contributed by atoms with Crippen molar-refractivity contribution in [1.82, 2.24) is 20.5 Å². The predicted molar refractivity (Wildman–Crippen MR) is 131 cm³/mol. The Kier molecular flexibility index (Phi) is 8.10. The first-order valence-electron chi connectivity index (χ1n) is 11.8. The van der Waals surface area contributed by atoms with Crippen LogP contribution < -0.4 is 15.0 Å². The molecule has 3 aromatic rings. The van der Waals surface area contributed by atoms with E-state index in [0.717, 1.165) is 5.56 Å². The molecule has 1 fully saturated rings. The van der Waals surface area contributed by atoms with Crippen LogP contribution in [-0.4, -0.2) is 59.9 Å². The predicted octanol–water partition coefficient (Wildman–Crippen LogP) is 3.12. The number of para-hydroxylation sites is 2. The number of nitrogens with zero attached hydrogens (tertiary/aromatic N) is 3. The van der Waals surface area contributed by atoms with Crippen molar-refractivity contribution in [3.05, 3.63) is 71.8 Å². The summed E-state index contributed by atoms with van der Waals surface area (Å²) < 4.78 is 10.8. The molecule has 2 aromatic carbocycles. The van der Waals surface area contributed by atoms with Crippen LogP contribution in [0.25, 0.3) is 0 Å². The number of anilines is 1. The molecule has 1 atom stereocenters. The average molecular weight is 478 g/mol. The van der Waals surface area contributed by atoms with Crippen LogP contribution in [0.3, 0.4) is 0 Å². The molecule has 0 radical (unpaired) electrons. The Hall–Kier alpha value is -3.72. The third-order valence-corrected chi connectivity index (χ3v) is 6.16. The van der Waals surface area contributed by atoms with E-state index in [9.17, 15) is 9.59 Å². The van der Waals surface area contributed by atoms with Crippen LogP contribution in [0.5, 0.6) is 5.75 Å². The van der Waals surface area contributed by atoms with E-state index >= 15 is 0 Å². The molecule has 0 saturated heterocycles. The van der Waals surface area contributed by atoms with Crippen LogP contribution in [0.15, 0.2) is 54.6 Å². The number of hydrogen-bond acceptors (Lipinski definition) is 6. The van der Waals surface area contributed by atoms with Crippen molar-refractivity contribution in [1.29, 1.82) is 0 Å². The van der Waals surface area contributed by atoms with Crippen LogP contribution in [0, 0.1) is 0 Å². The van der Waals surface area contributed by atoms with Crippen LogP contribution in [0.2, 0.25) is 0 Å². The number of likely N-dealkylation sites (N-methyl/N-ethyl adjacent to an activating group) is 1. The van der Waals surface area contributed by atoms with Gasteiger partial charge in [-0.05, 0) is 30.5 Å². The number of aromatic amines is 1. The van der Waals surface area contributed by atoms with Crippen molar-refractivity contribution >= 4 is 17.5 Å². The monoisotopic (exact) mass is 477 g/mol. The minimum atomic E-state index is -0.826. The van der Waals surface area contributed by atoms with Gasteiger partial charge >= 0.3 is 0 Å². The van der Waals surface area contributed by atoms with Gasteiger partial charge in [0.05, 0.1) is 11.8 Å². The highest BCUT2D eigenvalue weighted by Gasteiger charge is 2.31. The lowest BCUT2D eigenvalue weighted by Crippen LogP contribution is -2.49. The molecule has 9 heteroatoms. The van der Waals surface area contributed by atoms with Crippen molar-refractivity contribution < 1.29 is 19.1 Å². The van der Waals surface area contributed by atoms with E-state index < -0.39 is 11.9 Å². The zero-order chi connectivity index (χ0) is 24.6. The van der Waals surface area contributed by atoms with E-state index in [1.165, 1.54) is 30.6 Å². The number of rotatable bonds is 5. The molecule has 2 heterocycles. The van der Waals surface area contributed by atoms with Crippen LogP contribution in [0.4, 0.5) is 5.69 Å². The summed E-state index contributed by atoms with van der Waals surface area (Å²) >= 11 is 0. The largest absolute Gasteiger partial charge is 0.489 e. The first-order chi connectivity index (χ1) is 17.0. The molecule has 35 heavy (non-hydrogen) atoms. The summed E-state index contributed by atoms with van der Waals surface area (Å²) in [4.78, 5) is 29.6. The van der Waals surface area contributed by atoms with Crippen LogP contribution in [0.1, 0.15) is 47.7 Å². The molecule has 0 spiro atoms. The standard InChI is InChI=1S/C20H19N5O3.C6H12O/c1-25-15-9-5-6-10-16(15)28-12-14(20(25)27)21-19(26)18-22-17(23-24-18)11-13-7-3-2-4-8-13;1-7-6-4-2-3-5-6/h2-10,14H,11-12H2,1H3,(H,21,26)(H,22,23,24);6H,2-5H2,1H3. The van der Waals surface area contributed by atoms with Crippen molar-refractivity contribution in [2.75, 3.05) is 25.7 Å². The van der Waals surface area contributed by atoms with E-state index in [0.29, 0.717) is 29.8 Å². The number of hydrogen-bond donors (Lipinski definition) is 2. The quantitative estimate of drug-likeness (QED) is 0.584. The smallest absolute Gasteiger partial charge is 0.289 e. The van der Waals surface area contributed by atoms with Gasteiger partial charge in [0.25, 0.3) is 11.8 Å². The van der Waals surface area contributed by atoms with Gasteiger partial charge in [0.15, 0.2) is 0 Å². The average Bonchev–Trinajstić information content (AvgIpc) is 3.57. The van der Waals surface area contributed by atoms with Gasteiger partial charge < -0.3 is 24.7 Å². The lowest BCUT2D eigenvalue weighted by molar-refractivity contribution is -0.120. The molecule has 1 aliphatic carbocycles. The third-order valence-electron chi connectivity index (χ3n) is 6.16. The first-order valence-corrected chi connectivity index (χ1v) is 11.8. The minimum absolute atomic E-state index is 0.0386. The Morgan fingerprint density at radius 1 is 1.11 bits per heavy atom. The lowest BCUT2D eigenvalue weighted by Gasteiger charge is -2.19. The fraction of sp³-hybridized carbons (Fsp3) is 0.385.